The van der Waals surface area contributed by atoms with Crippen LogP contribution in [0.3, 0.4) is 0 Å². The van der Waals surface area contributed by atoms with Gasteiger partial charge in [-0.05, 0) is 31.6 Å². The number of nitro groups is 1. The van der Waals surface area contributed by atoms with Crippen LogP contribution in [0.15, 0.2) is 18.2 Å². The molecule has 0 saturated heterocycles. The summed E-state index contributed by atoms with van der Waals surface area (Å²) in [6.07, 6.45) is 0.578. The molecule has 0 saturated carbocycles. The van der Waals surface area contributed by atoms with Gasteiger partial charge in [-0.1, -0.05) is 0 Å². The van der Waals surface area contributed by atoms with E-state index in [0.29, 0.717) is 18.5 Å². The van der Waals surface area contributed by atoms with E-state index in [1.54, 1.807) is 7.05 Å². The van der Waals surface area contributed by atoms with Gasteiger partial charge in [0.15, 0.2) is 0 Å². The highest BCUT2D eigenvalue weighted by Gasteiger charge is 2.08. The van der Waals surface area contributed by atoms with Gasteiger partial charge in [0, 0.05) is 6.07 Å². The Bertz CT molecular complexity index is 342. The topological polar surface area (TPSA) is 55.2 Å². The number of non-ortho nitro benzene ring substituents is 1. The number of nitrogens with zero attached hydrogens (tertiary/aromatic N) is 1. The van der Waals surface area contributed by atoms with Gasteiger partial charge in [-0.2, -0.15) is 0 Å². The van der Waals surface area contributed by atoms with Crippen LogP contribution in [-0.2, 0) is 6.42 Å². The predicted molar refractivity (Wildman–Crippen MR) is 50.7 cm³/mol. The molecule has 5 heteroatoms. The Morgan fingerprint density at radius 2 is 2.21 bits per heavy atom. The Labute approximate surface area is 80.9 Å². The van der Waals surface area contributed by atoms with Crippen LogP contribution in [0.1, 0.15) is 5.56 Å². The molecule has 0 atom stereocenters. The number of rotatable bonds is 4. The molecule has 1 aromatic rings. The summed E-state index contributed by atoms with van der Waals surface area (Å²) in [4.78, 5) is 9.81. The monoisotopic (exact) mass is 198 g/mol. The van der Waals surface area contributed by atoms with Crippen molar-refractivity contribution >= 4 is 5.69 Å². The average molecular weight is 198 g/mol. The van der Waals surface area contributed by atoms with Crippen molar-refractivity contribution in [3.05, 3.63) is 39.7 Å². The van der Waals surface area contributed by atoms with E-state index in [-0.39, 0.29) is 5.69 Å². The summed E-state index contributed by atoms with van der Waals surface area (Å²) < 4.78 is 12.9. The number of benzene rings is 1. The Balaban J connectivity index is 2.89. The summed E-state index contributed by atoms with van der Waals surface area (Å²) in [6, 6.07) is 3.62. The van der Waals surface area contributed by atoms with E-state index >= 15 is 0 Å². The number of nitro benzene ring substituents is 1. The Kier molecular flexibility index (Phi) is 3.53. The Morgan fingerprint density at radius 1 is 1.50 bits per heavy atom. The van der Waals surface area contributed by atoms with Gasteiger partial charge in [-0.25, -0.2) is 4.39 Å². The Morgan fingerprint density at radius 3 is 2.79 bits per heavy atom. The zero-order valence-corrected chi connectivity index (χ0v) is 7.79. The lowest BCUT2D eigenvalue weighted by atomic mass is 10.1. The lowest BCUT2D eigenvalue weighted by Crippen LogP contribution is -2.10. The van der Waals surface area contributed by atoms with E-state index in [1.807, 2.05) is 0 Å². The summed E-state index contributed by atoms with van der Waals surface area (Å²) in [5, 5.41) is 13.3. The molecule has 1 rings (SSSR count). The largest absolute Gasteiger partial charge is 0.319 e. The van der Waals surface area contributed by atoms with E-state index in [0.717, 1.165) is 6.07 Å². The maximum absolute atomic E-state index is 12.9. The number of hydrogen-bond donors (Lipinski definition) is 1. The molecular formula is C9H11FN2O2. The maximum atomic E-state index is 12.9. The van der Waals surface area contributed by atoms with Gasteiger partial charge in [0.25, 0.3) is 5.69 Å². The van der Waals surface area contributed by atoms with Crippen molar-refractivity contribution in [1.82, 2.24) is 5.32 Å². The van der Waals surface area contributed by atoms with Crippen LogP contribution in [0.5, 0.6) is 0 Å². The zero-order valence-electron chi connectivity index (χ0n) is 7.79. The number of nitrogens with one attached hydrogen (secondary N) is 1. The van der Waals surface area contributed by atoms with Gasteiger partial charge in [-0.15, -0.1) is 0 Å². The highest BCUT2D eigenvalue weighted by atomic mass is 19.1. The fourth-order valence-corrected chi connectivity index (χ4v) is 1.15. The standard InChI is InChI=1S/C9H11FN2O2/c1-11-3-2-7-4-8(10)6-9(5-7)12(13)14/h4-6,11H,2-3H2,1H3. The predicted octanol–water partition coefficient (Wildman–Crippen LogP) is 1.50. The van der Waals surface area contributed by atoms with E-state index < -0.39 is 10.7 Å². The highest BCUT2D eigenvalue weighted by molar-refractivity contribution is 5.35. The first-order valence-corrected chi connectivity index (χ1v) is 4.22. The summed E-state index contributed by atoms with van der Waals surface area (Å²) in [5.41, 5.74) is 0.433. The maximum Gasteiger partial charge on any atom is 0.272 e. The summed E-state index contributed by atoms with van der Waals surface area (Å²) in [7, 11) is 1.77. The van der Waals surface area contributed by atoms with Gasteiger partial charge >= 0.3 is 0 Å². The molecule has 0 amide bonds. The molecule has 1 aromatic carbocycles. The first-order chi connectivity index (χ1) is 6.63. The van der Waals surface area contributed by atoms with E-state index in [2.05, 4.69) is 5.32 Å². The summed E-state index contributed by atoms with van der Waals surface area (Å²) >= 11 is 0. The first-order valence-electron chi connectivity index (χ1n) is 4.22. The van der Waals surface area contributed by atoms with Crippen molar-refractivity contribution in [1.29, 1.82) is 0 Å². The lowest BCUT2D eigenvalue weighted by Gasteiger charge is -2.00. The second-order valence-corrected chi connectivity index (χ2v) is 2.93. The minimum absolute atomic E-state index is 0.198. The molecule has 14 heavy (non-hydrogen) atoms. The van der Waals surface area contributed by atoms with Crippen LogP contribution < -0.4 is 5.32 Å². The van der Waals surface area contributed by atoms with Crippen LogP contribution in [-0.4, -0.2) is 18.5 Å². The van der Waals surface area contributed by atoms with Crippen LogP contribution in [0.25, 0.3) is 0 Å². The second kappa shape index (κ2) is 4.66. The molecule has 0 heterocycles. The van der Waals surface area contributed by atoms with Gasteiger partial charge in [0.1, 0.15) is 5.82 Å². The second-order valence-electron chi connectivity index (χ2n) is 2.93. The van der Waals surface area contributed by atoms with Gasteiger partial charge in [0.2, 0.25) is 0 Å². The van der Waals surface area contributed by atoms with Crippen LogP contribution in [0, 0.1) is 15.9 Å². The van der Waals surface area contributed by atoms with Crippen molar-refractivity contribution in [2.45, 2.75) is 6.42 Å². The quantitative estimate of drug-likeness (QED) is 0.589. The Hall–Kier alpha value is -1.49. The van der Waals surface area contributed by atoms with Gasteiger partial charge in [-0.3, -0.25) is 10.1 Å². The SMILES string of the molecule is CNCCc1cc(F)cc([N+](=O)[O-])c1. The molecule has 4 nitrogen and oxygen atoms in total. The van der Waals surface area contributed by atoms with Gasteiger partial charge < -0.3 is 5.32 Å². The number of hydrogen-bond acceptors (Lipinski definition) is 3. The van der Waals surface area contributed by atoms with Crippen molar-refractivity contribution < 1.29 is 9.31 Å². The van der Waals surface area contributed by atoms with E-state index in [1.165, 1.54) is 12.1 Å². The minimum atomic E-state index is -0.591. The van der Waals surface area contributed by atoms with Crippen LogP contribution in [0.2, 0.25) is 0 Å². The average Bonchev–Trinajstić information content (AvgIpc) is 2.14. The lowest BCUT2D eigenvalue weighted by molar-refractivity contribution is -0.385. The smallest absolute Gasteiger partial charge is 0.272 e. The molecule has 76 valence electrons. The molecule has 0 aliphatic heterocycles. The number of likely N-dealkylation sites (N-methyl/N-ethyl adjacent to an activating group) is 1. The zero-order chi connectivity index (χ0) is 10.6. The molecular weight excluding hydrogens is 187 g/mol. The molecule has 0 spiro atoms. The van der Waals surface area contributed by atoms with Crippen molar-refractivity contribution in [3.63, 3.8) is 0 Å². The van der Waals surface area contributed by atoms with Crippen LogP contribution in [0.4, 0.5) is 10.1 Å². The fourth-order valence-electron chi connectivity index (χ4n) is 1.15. The molecule has 0 fully saturated rings. The molecule has 0 aliphatic carbocycles. The first kappa shape index (κ1) is 10.6. The highest BCUT2D eigenvalue weighted by Crippen LogP contribution is 2.16. The third-order valence-electron chi connectivity index (χ3n) is 1.82. The van der Waals surface area contributed by atoms with Gasteiger partial charge in [0.05, 0.1) is 11.0 Å². The van der Waals surface area contributed by atoms with Crippen molar-refractivity contribution in [2.75, 3.05) is 13.6 Å². The van der Waals surface area contributed by atoms with E-state index in [9.17, 15) is 14.5 Å². The molecule has 1 N–H and O–H groups in total. The molecule has 0 unspecified atom stereocenters. The molecule has 0 radical (unpaired) electrons. The summed E-state index contributed by atoms with van der Waals surface area (Å²) in [5.74, 6) is -0.565. The van der Waals surface area contributed by atoms with E-state index in [4.69, 9.17) is 0 Å². The molecule has 0 aliphatic rings. The normalized spacial score (nSPS) is 10.1. The minimum Gasteiger partial charge on any atom is -0.319 e. The summed E-state index contributed by atoms with van der Waals surface area (Å²) in [6.45, 7) is 0.667. The van der Waals surface area contributed by atoms with Crippen molar-refractivity contribution in [2.24, 2.45) is 0 Å². The molecule has 0 aromatic heterocycles. The van der Waals surface area contributed by atoms with Crippen molar-refractivity contribution in [3.8, 4) is 0 Å². The third kappa shape index (κ3) is 2.77. The van der Waals surface area contributed by atoms with Crippen LogP contribution >= 0.6 is 0 Å². The third-order valence-corrected chi connectivity index (χ3v) is 1.82. The fraction of sp³-hybridized carbons (Fsp3) is 0.333. The number of halogens is 1. The molecule has 0 bridgehead atoms.